The second-order valence-corrected chi connectivity index (χ2v) is 6.02. The van der Waals surface area contributed by atoms with Gasteiger partial charge in [0.2, 0.25) is 0 Å². The molecule has 3 rings (SSSR count). The summed E-state index contributed by atoms with van der Waals surface area (Å²) in [4.78, 5) is 0. The van der Waals surface area contributed by atoms with Gasteiger partial charge in [0.1, 0.15) is 5.75 Å². The zero-order chi connectivity index (χ0) is 11.9. The Kier molecular flexibility index (Phi) is 2.57. The maximum atomic E-state index is 11.6. The van der Waals surface area contributed by atoms with E-state index in [1.165, 1.54) is 4.31 Å². The molecule has 0 amide bonds. The van der Waals surface area contributed by atoms with Gasteiger partial charge in [-0.3, -0.25) is 0 Å². The van der Waals surface area contributed by atoms with Gasteiger partial charge >= 0.3 is 0 Å². The van der Waals surface area contributed by atoms with Gasteiger partial charge in [-0.25, -0.2) is 0 Å². The first-order chi connectivity index (χ1) is 8.15. The van der Waals surface area contributed by atoms with E-state index in [0.717, 1.165) is 29.9 Å². The van der Waals surface area contributed by atoms with E-state index in [-0.39, 0.29) is 0 Å². The van der Waals surface area contributed by atoms with Crippen LogP contribution in [-0.4, -0.2) is 32.4 Å². The van der Waals surface area contributed by atoms with E-state index in [4.69, 9.17) is 4.74 Å². The summed E-state index contributed by atoms with van der Waals surface area (Å²) in [6, 6.07) is 5.81. The van der Waals surface area contributed by atoms with Crippen LogP contribution in [0, 0.1) is 0 Å². The summed E-state index contributed by atoms with van der Waals surface area (Å²) in [5, 5.41) is 0. The van der Waals surface area contributed by atoms with Crippen molar-refractivity contribution in [1.29, 1.82) is 0 Å². The third-order valence-electron chi connectivity index (χ3n) is 2.96. The summed E-state index contributed by atoms with van der Waals surface area (Å²) < 4.78 is 32.6. The van der Waals surface area contributed by atoms with Crippen LogP contribution in [0.5, 0.6) is 5.75 Å². The Bertz CT molecular complexity index is 538. The Morgan fingerprint density at radius 2 is 2.18 bits per heavy atom. The fraction of sp³-hybridized carbons (Fsp3) is 0.455. The number of hydrogen-bond acceptors (Lipinski definition) is 3. The quantitative estimate of drug-likeness (QED) is 0.785. The molecule has 0 bridgehead atoms. The van der Waals surface area contributed by atoms with E-state index in [9.17, 15) is 8.42 Å². The average molecular weight is 254 g/mol. The average Bonchev–Trinajstić information content (AvgIpc) is 3.07. The number of nitrogens with zero attached hydrogens (tertiary/aromatic N) is 1. The Morgan fingerprint density at radius 3 is 2.94 bits per heavy atom. The summed E-state index contributed by atoms with van der Waals surface area (Å²) >= 11 is 0. The van der Waals surface area contributed by atoms with Crippen LogP contribution in [0.4, 0.5) is 0 Å². The van der Waals surface area contributed by atoms with Crippen LogP contribution in [0.3, 0.4) is 0 Å². The van der Waals surface area contributed by atoms with Crippen molar-refractivity contribution in [2.45, 2.75) is 13.0 Å². The molecular weight excluding hydrogens is 240 g/mol. The van der Waals surface area contributed by atoms with Crippen LogP contribution in [0.2, 0.25) is 0 Å². The molecule has 0 radical (unpaired) electrons. The van der Waals surface area contributed by atoms with Crippen LogP contribution >= 0.6 is 0 Å². The first-order valence-corrected chi connectivity index (χ1v) is 7.08. The number of rotatable bonds is 4. The van der Waals surface area contributed by atoms with Crippen molar-refractivity contribution < 1.29 is 13.2 Å². The van der Waals surface area contributed by atoms with E-state index < -0.39 is 10.2 Å². The maximum absolute atomic E-state index is 11.6. The molecule has 1 saturated heterocycles. The molecule has 17 heavy (non-hydrogen) atoms. The summed E-state index contributed by atoms with van der Waals surface area (Å²) in [7, 11) is -3.25. The zero-order valence-corrected chi connectivity index (χ0v) is 10.2. The lowest BCUT2D eigenvalue weighted by Gasteiger charge is -2.07. The Morgan fingerprint density at radius 1 is 1.35 bits per heavy atom. The molecule has 0 saturated carbocycles. The summed E-state index contributed by atoms with van der Waals surface area (Å²) in [5.41, 5.74) is 2.13. The van der Waals surface area contributed by atoms with Gasteiger partial charge in [-0.15, -0.1) is 0 Å². The lowest BCUT2D eigenvalue weighted by molar-refractivity contribution is 0.357. The number of benzene rings is 1. The highest BCUT2D eigenvalue weighted by Crippen LogP contribution is 2.25. The van der Waals surface area contributed by atoms with Crippen LogP contribution in [0.25, 0.3) is 0 Å². The third kappa shape index (κ3) is 2.29. The lowest BCUT2D eigenvalue weighted by Crippen LogP contribution is -2.29. The minimum absolute atomic E-state index is 0.339. The molecule has 0 atom stereocenters. The minimum Gasteiger partial charge on any atom is -0.493 e. The second-order valence-electron chi connectivity index (χ2n) is 4.27. The van der Waals surface area contributed by atoms with Gasteiger partial charge in [0.25, 0.3) is 10.2 Å². The maximum Gasteiger partial charge on any atom is 0.279 e. The highest BCUT2D eigenvalue weighted by atomic mass is 32.2. The van der Waals surface area contributed by atoms with Gasteiger partial charge in [0.15, 0.2) is 0 Å². The molecule has 0 aliphatic carbocycles. The molecule has 2 aliphatic heterocycles. The fourth-order valence-electron chi connectivity index (χ4n) is 1.90. The van der Waals surface area contributed by atoms with Gasteiger partial charge in [-0.2, -0.15) is 17.4 Å². The van der Waals surface area contributed by atoms with E-state index in [1.54, 1.807) is 0 Å². The van der Waals surface area contributed by atoms with Crippen molar-refractivity contribution in [1.82, 2.24) is 9.03 Å². The SMILES string of the molecule is O=S(=O)(NCc1ccc2c(c1)CCO2)N1CC1. The predicted octanol–water partition coefficient (Wildman–Crippen LogP) is 0.271. The van der Waals surface area contributed by atoms with Crippen molar-refractivity contribution in [3.05, 3.63) is 29.3 Å². The monoisotopic (exact) mass is 254 g/mol. The topological polar surface area (TPSA) is 58.4 Å². The molecule has 0 spiro atoms. The Labute approximate surface area is 101 Å². The van der Waals surface area contributed by atoms with Gasteiger partial charge in [0, 0.05) is 26.1 Å². The molecule has 1 N–H and O–H groups in total. The van der Waals surface area contributed by atoms with Gasteiger partial charge in [-0.05, 0) is 17.2 Å². The highest BCUT2D eigenvalue weighted by molar-refractivity contribution is 7.87. The van der Waals surface area contributed by atoms with E-state index in [2.05, 4.69) is 4.72 Å². The molecule has 2 aliphatic rings. The molecule has 0 aromatic heterocycles. The molecular formula is C11H14N2O3S. The summed E-state index contributed by atoms with van der Waals surface area (Å²) in [6.45, 7) is 2.32. The van der Waals surface area contributed by atoms with Crippen LogP contribution in [-0.2, 0) is 23.2 Å². The van der Waals surface area contributed by atoms with Crippen molar-refractivity contribution in [3.8, 4) is 5.75 Å². The molecule has 5 nitrogen and oxygen atoms in total. The van der Waals surface area contributed by atoms with E-state index >= 15 is 0 Å². The minimum atomic E-state index is -3.25. The Balaban J connectivity index is 1.69. The number of hydrogen-bond donors (Lipinski definition) is 1. The molecule has 6 heteroatoms. The van der Waals surface area contributed by atoms with E-state index in [1.807, 2.05) is 18.2 Å². The largest absolute Gasteiger partial charge is 0.493 e. The van der Waals surface area contributed by atoms with Gasteiger partial charge in [-0.1, -0.05) is 12.1 Å². The van der Waals surface area contributed by atoms with Crippen LogP contribution in [0.15, 0.2) is 18.2 Å². The van der Waals surface area contributed by atoms with Crippen molar-refractivity contribution >= 4 is 10.2 Å². The number of ether oxygens (including phenoxy) is 1. The van der Waals surface area contributed by atoms with Gasteiger partial charge < -0.3 is 4.74 Å². The van der Waals surface area contributed by atoms with Crippen molar-refractivity contribution in [2.24, 2.45) is 0 Å². The van der Waals surface area contributed by atoms with Crippen molar-refractivity contribution in [2.75, 3.05) is 19.7 Å². The molecule has 2 heterocycles. The summed E-state index contributed by atoms with van der Waals surface area (Å²) in [5.74, 6) is 0.919. The van der Waals surface area contributed by atoms with Crippen LogP contribution < -0.4 is 9.46 Å². The third-order valence-corrected chi connectivity index (χ3v) is 4.51. The van der Waals surface area contributed by atoms with Gasteiger partial charge in [0.05, 0.1) is 6.61 Å². The zero-order valence-electron chi connectivity index (χ0n) is 9.35. The smallest absolute Gasteiger partial charge is 0.279 e. The Hall–Kier alpha value is -1.11. The van der Waals surface area contributed by atoms with Crippen LogP contribution in [0.1, 0.15) is 11.1 Å². The lowest BCUT2D eigenvalue weighted by atomic mass is 10.1. The first kappa shape index (κ1) is 11.0. The standard InChI is InChI=1S/C11H14N2O3S/c14-17(15,13-4-5-13)12-8-9-1-2-11-10(7-9)3-6-16-11/h1-2,7,12H,3-6,8H2. The molecule has 1 fully saturated rings. The highest BCUT2D eigenvalue weighted by Gasteiger charge is 2.31. The molecule has 92 valence electrons. The first-order valence-electron chi connectivity index (χ1n) is 5.64. The second kappa shape index (κ2) is 3.97. The number of nitrogens with one attached hydrogen (secondary N) is 1. The summed E-state index contributed by atoms with van der Waals surface area (Å²) in [6.07, 6.45) is 0.905. The van der Waals surface area contributed by atoms with Crippen molar-refractivity contribution in [3.63, 3.8) is 0 Å². The molecule has 1 aromatic rings. The number of fused-ring (bicyclic) bond motifs is 1. The fourth-order valence-corrected chi connectivity index (χ4v) is 2.99. The van der Waals surface area contributed by atoms with E-state index in [0.29, 0.717) is 19.6 Å². The molecule has 0 unspecified atom stereocenters. The predicted molar refractivity (Wildman–Crippen MR) is 63.0 cm³/mol. The normalized spacial score (nSPS) is 18.8. The molecule has 1 aromatic carbocycles.